The van der Waals surface area contributed by atoms with Gasteiger partial charge in [-0.25, -0.2) is 0 Å². The predicted molar refractivity (Wildman–Crippen MR) is 97.9 cm³/mol. The fourth-order valence-electron chi connectivity index (χ4n) is 3.23. The zero-order valence-corrected chi connectivity index (χ0v) is 14.2. The second-order valence-corrected chi connectivity index (χ2v) is 6.11. The van der Waals surface area contributed by atoms with E-state index in [2.05, 4.69) is 4.98 Å². The second-order valence-electron chi connectivity index (χ2n) is 6.11. The zero-order chi connectivity index (χ0) is 17.4. The van der Waals surface area contributed by atoms with Gasteiger partial charge in [0.25, 0.3) is 5.91 Å². The highest BCUT2D eigenvalue weighted by atomic mass is 16.5. The van der Waals surface area contributed by atoms with Crippen LogP contribution in [0.4, 0.5) is 5.69 Å². The third kappa shape index (κ3) is 2.56. The summed E-state index contributed by atoms with van der Waals surface area (Å²) in [5.41, 5.74) is 5.43. The third-order valence-electron chi connectivity index (χ3n) is 4.56. The molecule has 4 heteroatoms. The molecule has 0 unspecified atom stereocenters. The molecule has 0 N–H and O–H groups in total. The molecule has 0 saturated carbocycles. The number of amides is 1. The maximum absolute atomic E-state index is 12.9. The van der Waals surface area contributed by atoms with E-state index < -0.39 is 0 Å². The number of ether oxygens (including phenoxy) is 1. The standard InChI is InChI=1S/C21H18N2O2/c1-14-7-9-15(10-8-14)23-13-18-16(21(23)24)11-12-22-20(18)17-5-3-4-6-19(17)25-2/h3-12H,13H2,1-2H3. The van der Waals surface area contributed by atoms with Gasteiger partial charge in [-0.15, -0.1) is 0 Å². The van der Waals surface area contributed by atoms with Crippen LogP contribution in [0.2, 0.25) is 0 Å². The Balaban J connectivity index is 1.80. The van der Waals surface area contributed by atoms with E-state index in [9.17, 15) is 4.79 Å². The molecule has 1 aliphatic rings. The molecule has 4 rings (SSSR count). The van der Waals surface area contributed by atoms with Crippen molar-refractivity contribution in [1.82, 2.24) is 4.98 Å². The second kappa shape index (κ2) is 6.06. The Hall–Kier alpha value is -3.14. The molecular formula is C21H18N2O2. The number of benzene rings is 2. The maximum atomic E-state index is 12.9. The molecular weight excluding hydrogens is 312 g/mol. The fourth-order valence-corrected chi connectivity index (χ4v) is 3.23. The Kier molecular flexibility index (Phi) is 3.73. The van der Waals surface area contributed by atoms with Crippen molar-refractivity contribution in [3.63, 3.8) is 0 Å². The van der Waals surface area contributed by atoms with Gasteiger partial charge in [0, 0.05) is 28.6 Å². The lowest BCUT2D eigenvalue weighted by molar-refractivity contribution is 0.0996. The van der Waals surface area contributed by atoms with Gasteiger partial charge in [0.15, 0.2) is 0 Å². The van der Waals surface area contributed by atoms with Gasteiger partial charge in [0.05, 0.1) is 19.3 Å². The molecule has 0 atom stereocenters. The minimum Gasteiger partial charge on any atom is -0.496 e. The van der Waals surface area contributed by atoms with Crippen LogP contribution in [0.25, 0.3) is 11.3 Å². The molecule has 3 aromatic rings. The quantitative estimate of drug-likeness (QED) is 0.722. The first-order chi connectivity index (χ1) is 12.2. The average molecular weight is 330 g/mol. The summed E-state index contributed by atoms with van der Waals surface area (Å²) in [6.07, 6.45) is 1.69. The number of aromatic nitrogens is 1. The van der Waals surface area contributed by atoms with Gasteiger partial charge in [-0.2, -0.15) is 0 Å². The number of pyridine rings is 1. The number of methoxy groups -OCH3 is 1. The van der Waals surface area contributed by atoms with Crippen molar-refractivity contribution in [3.8, 4) is 17.0 Å². The topological polar surface area (TPSA) is 42.4 Å². The molecule has 4 nitrogen and oxygen atoms in total. The molecule has 0 fully saturated rings. The number of anilines is 1. The van der Waals surface area contributed by atoms with E-state index in [0.717, 1.165) is 28.3 Å². The van der Waals surface area contributed by atoms with E-state index in [1.165, 1.54) is 5.56 Å². The summed E-state index contributed by atoms with van der Waals surface area (Å²) < 4.78 is 5.47. The number of carbonyl (C=O) groups is 1. The van der Waals surface area contributed by atoms with Gasteiger partial charge in [0.2, 0.25) is 0 Å². The van der Waals surface area contributed by atoms with E-state index in [1.54, 1.807) is 24.3 Å². The van der Waals surface area contributed by atoms with Crippen molar-refractivity contribution in [2.75, 3.05) is 12.0 Å². The first-order valence-electron chi connectivity index (χ1n) is 8.19. The van der Waals surface area contributed by atoms with Crippen LogP contribution in [-0.2, 0) is 6.54 Å². The highest BCUT2D eigenvalue weighted by molar-refractivity contribution is 6.11. The number of fused-ring (bicyclic) bond motifs is 1. The number of nitrogens with zero attached hydrogens (tertiary/aromatic N) is 2. The maximum Gasteiger partial charge on any atom is 0.259 e. The first-order valence-corrected chi connectivity index (χ1v) is 8.19. The molecule has 1 aliphatic heterocycles. The SMILES string of the molecule is COc1ccccc1-c1nccc2c1CN(c1ccc(C)cc1)C2=O. The van der Waals surface area contributed by atoms with Crippen LogP contribution in [0.5, 0.6) is 5.75 Å². The molecule has 0 bridgehead atoms. The molecule has 0 spiro atoms. The van der Waals surface area contributed by atoms with E-state index in [0.29, 0.717) is 12.1 Å². The molecule has 0 saturated heterocycles. The lowest BCUT2D eigenvalue weighted by Gasteiger charge is -2.16. The van der Waals surface area contributed by atoms with Gasteiger partial charge in [-0.1, -0.05) is 29.8 Å². The van der Waals surface area contributed by atoms with E-state index in [1.807, 2.05) is 55.5 Å². The molecule has 124 valence electrons. The predicted octanol–water partition coefficient (Wildman–Crippen LogP) is 4.23. The highest BCUT2D eigenvalue weighted by Gasteiger charge is 2.31. The number of rotatable bonds is 3. The Morgan fingerprint density at radius 1 is 1.00 bits per heavy atom. The monoisotopic (exact) mass is 330 g/mol. The number of para-hydroxylation sites is 1. The zero-order valence-electron chi connectivity index (χ0n) is 14.2. The van der Waals surface area contributed by atoms with Crippen LogP contribution < -0.4 is 9.64 Å². The molecule has 2 aromatic carbocycles. The molecule has 0 aliphatic carbocycles. The first kappa shape index (κ1) is 15.4. The molecule has 2 heterocycles. The molecule has 1 aromatic heterocycles. The van der Waals surface area contributed by atoms with Crippen LogP contribution >= 0.6 is 0 Å². The van der Waals surface area contributed by atoms with Crippen LogP contribution in [-0.4, -0.2) is 18.0 Å². The smallest absolute Gasteiger partial charge is 0.259 e. The lowest BCUT2D eigenvalue weighted by Crippen LogP contribution is -2.22. The van der Waals surface area contributed by atoms with Gasteiger partial charge in [-0.3, -0.25) is 9.78 Å². The van der Waals surface area contributed by atoms with Crippen molar-refractivity contribution in [2.24, 2.45) is 0 Å². The Labute approximate surface area is 146 Å². The molecule has 0 radical (unpaired) electrons. The van der Waals surface area contributed by atoms with Gasteiger partial charge >= 0.3 is 0 Å². The Bertz CT molecular complexity index is 948. The lowest BCUT2D eigenvalue weighted by atomic mass is 10.0. The third-order valence-corrected chi connectivity index (χ3v) is 4.56. The Morgan fingerprint density at radius 2 is 1.76 bits per heavy atom. The minimum absolute atomic E-state index is 0.0115. The summed E-state index contributed by atoms with van der Waals surface area (Å²) in [4.78, 5) is 19.2. The number of aryl methyl sites for hydroxylation is 1. The van der Waals surface area contributed by atoms with E-state index in [4.69, 9.17) is 4.74 Å². The average Bonchev–Trinajstić information content (AvgIpc) is 2.99. The van der Waals surface area contributed by atoms with E-state index in [-0.39, 0.29) is 5.91 Å². The molecule has 25 heavy (non-hydrogen) atoms. The van der Waals surface area contributed by atoms with Gasteiger partial charge in [-0.05, 0) is 37.3 Å². The molecule has 1 amide bonds. The summed E-state index contributed by atoms with van der Waals surface area (Å²) in [5.74, 6) is 0.766. The van der Waals surface area contributed by atoms with Crippen molar-refractivity contribution in [3.05, 3.63) is 77.5 Å². The van der Waals surface area contributed by atoms with Crippen LogP contribution in [0, 0.1) is 6.92 Å². The summed E-state index contributed by atoms with van der Waals surface area (Å²) in [7, 11) is 1.64. The van der Waals surface area contributed by atoms with Crippen LogP contribution in [0.1, 0.15) is 21.5 Å². The van der Waals surface area contributed by atoms with Crippen LogP contribution in [0.3, 0.4) is 0 Å². The Morgan fingerprint density at radius 3 is 2.52 bits per heavy atom. The summed E-state index contributed by atoms with van der Waals surface area (Å²) in [5, 5.41) is 0. The van der Waals surface area contributed by atoms with Gasteiger partial charge in [0.1, 0.15) is 5.75 Å². The summed E-state index contributed by atoms with van der Waals surface area (Å²) in [6, 6.07) is 17.6. The van der Waals surface area contributed by atoms with Crippen LogP contribution in [0.15, 0.2) is 60.8 Å². The van der Waals surface area contributed by atoms with Crippen molar-refractivity contribution in [2.45, 2.75) is 13.5 Å². The summed E-state index contributed by atoms with van der Waals surface area (Å²) >= 11 is 0. The largest absolute Gasteiger partial charge is 0.496 e. The normalized spacial score (nSPS) is 13.0. The fraction of sp³-hybridized carbons (Fsp3) is 0.143. The number of hydrogen-bond acceptors (Lipinski definition) is 3. The van der Waals surface area contributed by atoms with Crippen molar-refractivity contribution < 1.29 is 9.53 Å². The minimum atomic E-state index is 0.0115. The van der Waals surface area contributed by atoms with Crippen molar-refractivity contribution in [1.29, 1.82) is 0 Å². The number of hydrogen-bond donors (Lipinski definition) is 0. The van der Waals surface area contributed by atoms with E-state index >= 15 is 0 Å². The van der Waals surface area contributed by atoms with Gasteiger partial charge < -0.3 is 9.64 Å². The highest BCUT2D eigenvalue weighted by Crippen LogP contribution is 2.37. The van der Waals surface area contributed by atoms with Crippen molar-refractivity contribution >= 4 is 11.6 Å². The number of carbonyl (C=O) groups excluding carboxylic acids is 1. The summed E-state index contributed by atoms with van der Waals surface area (Å²) in [6.45, 7) is 2.55.